The Balaban J connectivity index is 2.17. The first kappa shape index (κ1) is 15.3. The molecule has 0 bridgehead atoms. The minimum absolute atomic E-state index is 0.0435. The van der Waals surface area contributed by atoms with Crippen molar-refractivity contribution in [2.24, 2.45) is 11.3 Å². The lowest BCUT2D eigenvalue weighted by molar-refractivity contribution is 0.0726. The van der Waals surface area contributed by atoms with Crippen LogP contribution in [0.4, 0.5) is 0 Å². The highest BCUT2D eigenvalue weighted by molar-refractivity contribution is 6.01. The number of benzene rings is 1. The van der Waals surface area contributed by atoms with E-state index in [1.807, 2.05) is 25.1 Å². The van der Waals surface area contributed by atoms with E-state index < -0.39 is 6.10 Å². The number of aryl methyl sites for hydroxylation is 1. The molecule has 0 unspecified atom stereocenters. The van der Waals surface area contributed by atoms with E-state index in [1.54, 1.807) is 7.11 Å². The average molecular weight is 300 g/mol. The van der Waals surface area contributed by atoms with Crippen LogP contribution in [0.15, 0.2) is 17.7 Å². The van der Waals surface area contributed by atoms with Crippen LogP contribution in [0.25, 0.3) is 6.08 Å². The Bertz CT molecular complexity index is 655. The van der Waals surface area contributed by atoms with E-state index in [0.717, 1.165) is 40.9 Å². The van der Waals surface area contributed by atoms with Gasteiger partial charge < -0.3 is 9.84 Å². The van der Waals surface area contributed by atoms with Gasteiger partial charge in [0.2, 0.25) is 0 Å². The number of aliphatic hydroxyl groups is 1. The van der Waals surface area contributed by atoms with Crippen molar-refractivity contribution < 1.29 is 14.6 Å². The smallest absolute Gasteiger partial charge is 0.164 e. The average Bonchev–Trinajstić information content (AvgIpc) is 2.61. The van der Waals surface area contributed by atoms with Crippen molar-refractivity contribution in [3.63, 3.8) is 0 Å². The maximum atomic E-state index is 12.8. The monoisotopic (exact) mass is 300 g/mol. The molecule has 0 aliphatic heterocycles. The maximum absolute atomic E-state index is 12.8. The Kier molecular flexibility index (Phi) is 3.64. The van der Waals surface area contributed by atoms with Crippen molar-refractivity contribution >= 4 is 11.9 Å². The summed E-state index contributed by atoms with van der Waals surface area (Å²) in [5.41, 5.74) is 3.65. The van der Waals surface area contributed by atoms with Crippen LogP contribution >= 0.6 is 0 Å². The molecule has 0 spiro atoms. The highest BCUT2D eigenvalue weighted by atomic mass is 16.5. The molecule has 1 fully saturated rings. The minimum Gasteiger partial charge on any atom is -0.496 e. The number of aliphatic hydroxyl groups excluding tert-OH is 1. The van der Waals surface area contributed by atoms with Gasteiger partial charge in [-0.25, -0.2) is 0 Å². The normalized spacial score (nSPS) is 26.6. The van der Waals surface area contributed by atoms with Crippen LogP contribution < -0.4 is 4.74 Å². The van der Waals surface area contributed by atoms with E-state index in [9.17, 15) is 9.90 Å². The number of hydrogen-bond acceptors (Lipinski definition) is 3. The summed E-state index contributed by atoms with van der Waals surface area (Å²) in [4.78, 5) is 12.8. The lowest BCUT2D eigenvalue weighted by Crippen LogP contribution is -2.37. The highest BCUT2D eigenvalue weighted by Crippen LogP contribution is 2.48. The molecule has 1 aromatic rings. The zero-order valence-corrected chi connectivity index (χ0v) is 13.8. The van der Waals surface area contributed by atoms with Crippen molar-refractivity contribution in [2.75, 3.05) is 7.11 Å². The molecule has 118 valence electrons. The number of rotatable bonds is 1. The van der Waals surface area contributed by atoms with Crippen molar-refractivity contribution in [2.45, 2.75) is 46.1 Å². The van der Waals surface area contributed by atoms with Crippen LogP contribution in [0.5, 0.6) is 5.75 Å². The lowest BCUT2D eigenvalue weighted by Gasteiger charge is -2.42. The first-order chi connectivity index (χ1) is 10.3. The van der Waals surface area contributed by atoms with Gasteiger partial charge in [0.25, 0.3) is 0 Å². The summed E-state index contributed by atoms with van der Waals surface area (Å²) >= 11 is 0. The molecule has 1 saturated carbocycles. The topological polar surface area (TPSA) is 46.5 Å². The predicted octanol–water partition coefficient (Wildman–Crippen LogP) is 3.77. The Morgan fingerprint density at radius 2 is 2.05 bits per heavy atom. The summed E-state index contributed by atoms with van der Waals surface area (Å²) in [6.45, 7) is 6.36. The number of carbonyl (C=O) groups is 1. The number of Topliss-reactive ketones (excluding diaryl/α,β-unsaturated/α-hetero) is 1. The van der Waals surface area contributed by atoms with Crippen molar-refractivity contribution in [1.29, 1.82) is 0 Å². The molecular formula is C19H24O3. The molecule has 0 aromatic heterocycles. The third kappa shape index (κ3) is 2.38. The first-order valence-electron chi connectivity index (χ1n) is 7.95. The molecule has 3 nitrogen and oxygen atoms in total. The molecule has 0 amide bonds. The molecule has 0 saturated heterocycles. The van der Waals surface area contributed by atoms with Gasteiger partial charge in [0.1, 0.15) is 5.75 Å². The van der Waals surface area contributed by atoms with E-state index in [2.05, 4.69) is 13.8 Å². The first-order valence-corrected chi connectivity index (χ1v) is 7.95. The molecule has 0 heterocycles. The van der Waals surface area contributed by atoms with Crippen LogP contribution in [-0.4, -0.2) is 24.1 Å². The summed E-state index contributed by atoms with van der Waals surface area (Å²) in [5, 5.41) is 10.4. The van der Waals surface area contributed by atoms with Crippen LogP contribution in [-0.2, 0) is 0 Å². The third-order valence-corrected chi connectivity index (χ3v) is 5.37. The summed E-state index contributed by atoms with van der Waals surface area (Å²) in [6.07, 6.45) is 3.78. The molecule has 3 heteroatoms. The molecule has 22 heavy (non-hydrogen) atoms. The quantitative estimate of drug-likeness (QED) is 0.858. The Morgan fingerprint density at radius 3 is 2.73 bits per heavy atom. The van der Waals surface area contributed by atoms with Crippen LogP contribution in [0.2, 0.25) is 0 Å². The molecule has 0 radical (unpaired) electrons. The van der Waals surface area contributed by atoms with E-state index >= 15 is 0 Å². The summed E-state index contributed by atoms with van der Waals surface area (Å²) in [6, 6.07) is 3.84. The fraction of sp³-hybridized carbons (Fsp3) is 0.526. The largest absolute Gasteiger partial charge is 0.496 e. The Morgan fingerprint density at radius 1 is 1.32 bits per heavy atom. The molecule has 2 atom stereocenters. The van der Waals surface area contributed by atoms with Gasteiger partial charge in [-0.3, -0.25) is 4.79 Å². The zero-order chi connectivity index (χ0) is 16.1. The SMILES string of the molecule is COc1cc2c(cc1C)C(=O)C[C@@H]1C(=C2)[C@@H](O)CCC1(C)C. The number of ketones is 1. The second kappa shape index (κ2) is 5.24. The van der Waals surface area contributed by atoms with Crippen LogP contribution in [0.3, 0.4) is 0 Å². The summed E-state index contributed by atoms with van der Waals surface area (Å²) < 4.78 is 5.39. The van der Waals surface area contributed by atoms with Gasteiger partial charge in [-0.1, -0.05) is 19.9 Å². The maximum Gasteiger partial charge on any atom is 0.164 e. The fourth-order valence-corrected chi connectivity index (χ4v) is 3.88. The highest BCUT2D eigenvalue weighted by Gasteiger charge is 2.42. The molecule has 1 N–H and O–H groups in total. The van der Waals surface area contributed by atoms with Gasteiger partial charge in [-0.2, -0.15) is 0 Å². The van der Waals surface area contributed by atoms with Crippen molar-refractivity contribution in [3.8, 4) is 5.75 Å². The molecule has 2 aliphatic carbocycles. The number of ether oxygens (including phenoxy) is 1. The van der Waals surface area contributed by atoms with Gasteiger partial charge in [-0.05, 0) is 59.9 Å². The molecule has 3 rings (SSSR count). The van der Waals surface area contributed by atoms with Gasteiger partial charge in [0, 0.05) is 12.0 Å². The summed E-state index contributed by atoms with van der Waals surface area (Å²) in [5.74, 6) is 1.06. The van der Waals surface area contributed by atoms with Crippen molar-refractivity contribution in [1.82, 2.24) is 0 Å². The number of hydrogen-bond donors (Lipinski definition) is 1. The van der Waals surface area contributed by atoms with E-state index in [1.165, 1.54) is 0 Å². The Hall–Kier alpha value is -1.61. The number of methoxy groups -OCH3 is 1. The van der Waals surface area contributed by atoms with Crippen molar-refractivity contribution in [3.05, 3.63) is 34.4 Å². The zero-order valence-electron chi connectivity index (χ0n) is 13.8. The molecule has 2 aliphatic rings. The summed E-state index contributed by atoms with van der Waals surface area (Å²) in [7, 11) is 1.64. The van der Waals surface area contributed by atoms with Gasteiger partial charge in [0.15, 0.2) is 5.78 Å². The van der Waals surface area contributed by atoms with Crippen LogP contribution in [0.1, 0.15) is 54.6 Å². The lowest BCUT2D eigenvalue weighted by atomic mass is 9.64. The second-order valence-corrected chi connectivity index (χ2v) is 7.28. The number of carbonyl (C=O) groups excluding carboxylic acids is 1. The van der Waals surface area contributed by atoms with E-state index in [4.69, 9.17) is 4.74 Å². The molecule has 1 aromatic carbocycles. The minimum atomic E-state index is -0.441. The molecular weight excluding hydrogens is 276 g/mol. The van der Waals surface area contributed by atoms with Gasteiger partial charge in [0.05, 0.1) is 13.2 Å². The van der Waals surface area contributed by atoms with Gasteiger partial charge in [-0.15, -0.1) is 0 Å². The second-order valence-electron chi connectivity index (χ2n) is 7.28. The third-order valence-electron chi connectivity index (χ3n) is 5.37. The predicted molar refractivity (Wildman–Crippen MR) is 87.2 cm³/mol. The Labute approximate surface area is 132 Å². The van der Waals surface area contributed by atoms with E-state index in [-0.39, 0.29) is 17.1 Å². The standard InChI is InChI=1S/C19H24O3/c1-11-7-13-12(9-18(11)22-4)8-14-15(10-17(13)21)19(2,3)6-5-16(14)20/h7-9,15-16,20H,5-6,10H2,1-4H3/t15-,16+/m1/s1. The fourth-order valence-electron chi connectivity index (χ4n) is 3.88. The number of fused-ring (bicyclic) bond motifs is 2. The van der Waals surface area contributed by atoms with E-state index in [0.29, 0.717) is 6.42 Å². The van der Waals surface area contributed by atoms with Crippen LogP contribution in [0, 0.1) is 18.3 Å². The van der Waals surface area contributed by atoms with Gasteiger partial charge >= 0.3 is 0 Å².